The Kier molecular flexibility index (Phi) is 10.0. The van der Waals surface area contributed by atoms with Crippen molar-refractivity contribution in [1.29, 1.82) is 0 Å². The summed E-state index contributed by atoms with van der Waals surface area (Å²) >= 11 is 1.92. The van der Waals surface area contributed by atoms with Crippen molar-refractivity contribution in [3.63, 3.8) is 0 Å². The molecular formula is C28H29F6IN4O5. The van der Waals surface area contributed by atoms with Crippen LogP contribution in [-0.4, -0.2) is 75.9 Å². The van der Waals surface area contributed by atoms with Crippen LogP contribution in [0.1, 0.15) is 48.9 Å². The Morgan fingerprint density at radius 2 is 1.61 bits per heavy atom. The number of hydrogen-bond donors (Lipinski definition) is 5. The molecule has 0 spiro atoms. The smallest absolute Gasteiger partial charge is 0.475 e. The zero-order valence-electron chi connectivity index (χ0n) is 23.0. The third-order valence-electron chi connectivity index (χ3n) is 7.58. The molecule has 2 aromatic rings. The molecule has 5 rings (SSSR count). The molecular weight excluding hydrogens is 713 g/mol. The maximum Gasteiger partial charge on any atom is 0.490 e. The number of nitrogens with one attached hydrogen (secondary N) is 3. The number of alkyl halides is 3. The molecule has 2 aliphatic carbocycles. The topological polar surface area (TPSA) is 131 Å². The summed E-state index contributed by atoms with van der Waals surface area (Å²) in [5.41, 5.74) is -2.74. The van der Waals surface area contributed by atoms with Crippen LogP contribution in [0.15, 0.2) is 30.3 Å². The quantitative estimate of drug-likeness (QED) is 0.200. The Hall–Kier alpha value is -3.12. The standard InChI is InChI=1S/C26H28F3IN4O3.C2HF3O2/c27-18-7-6-17(22(21(18)29)33-20-8-3-15(30)11-19(20)28)23(35)34-13-25(37,14-34)12-31-26(9-1-2-10-26)24(36)32-16-4-5-16;3-2(4,5)1(6)7/h3,6-8,11,16,31,33,37H,1-2,4-5,9-10,12-14H2,(H,32,36);(H,6,7). The molecule has 9 nitrogen and oxygen atoms in total. The Balaban J connectivity index is 0.000000566. The summed E-state index contributed by atoms with van der Waals surface area (Å²) in [5, 5.41) is 27.0. The molecule has 0 unspecified atom stereocenters. The van der Waals surface area contributed by atoms with Gasteiger partial charge in [-0.15, -0.1) is 0 Å². The van der Waals surface area contributed by atoms with Crippen LogP contribution >= 0.6 is 22.6 Å². The minimum atomic E-state index is -5.08. The molecule has 0 atom stereocenters. The number of rotatable bonds is 8. The second-order valence-electron chi connectivity index (χ2n) is 11.1. The van der Waals surface area contributed by atoms with Crippen LogP contribution in [0.25, 0.3) is 0 Å². The number of carbonyl (C=O) groups is 3. The molecule has 1 aliphatic heterocycles. The fourth-order valence-electron chi connectivity index (χ4n) is 5.01. The second kappa shape index (κ2) is 13.1. The summed E-state index contributed by atoms with van der Waals surface area (Å²) in [5.74, 6) is -6.58. The molecule has 1 heterocycles. The van der Waals surface area contributed by atoms with Crippen molar-refractivity contribution >= 4 is 51.7 Å². The first-order chi connectivity index (χ1) is 20.5. The molecule has 0 aromatic heterocycles. The zero-order valence-corrected chi connectivity index (χ0v) is 25.2. The molecule has 3 fully saturated rings. The highest BCUT2D eigenvalue weighted by molar-refractivity contribution is 14.1. The summed E-state index contributed by atoms with van der Waals surface area (Å²) in [6.07, 6.45) is 0.0919. The first kappa shape index (κ1) is 33.8. The number of carbonyl (C=O) groups excluding carboxylic acids is 2. The number of anilines is 2. The minimum absolute atomic E-state index is 0.0382. The van der Waals surface area contributed by atoms with Gasteiger partial charge in [0.2, 0.25) is 5.91 Å². The lowest BCUT2D eigenvalue weighted by atomic mass is 9.89. The molecule has 5 N–H and O–H groups in total. The number of likely N-dealkylation sites (tertiary alicyclic amines) is 1. The maximum atomic E-state index is 14.7. The summed E-state index contributed by atoms with van der Waals surface area (Å²) in [7, 11) is 0. The van der Waals surface area contributed by atoms with Gasteiger partial charge in [0.15, 0.2) is 11.6 Å². The van der Waals surface area contributed by atoms with Crippen LogP contribution in [-0.2, 0) is 9.59 Å². The van der Waals surface area contributed by atoms with E-state index in [2.05, 4.69) is 16.0 Å². The van der Waals surface area contributed by atoms with Gasteiger partial charge in [0.05, 0.1) is 35.6 Å². The summed E-state index contributed by atoms with van der Waals surface area (Å²) in [6, 6.07) is 6.41. The predicted molar refractivity (Wildman–Crippen MR) is 154 cm³/mol. The van der Waals surface area contributed by atoms with Crippen molar-refractivity contribution in [2.45, 2.75) is 61.9 Å². The molecule has 0 radical (unpaired) electrons. The van der Waals surface area contributed by atoms with Crippen molar-refractivity contribution in [2.75, 3.05) is 25.0 Å². The van der Waals surface area contributed by atoms with Gasteiger partial charge in [0, 0.05) is 16.2 Å². The predicted octanol–water partition coefficient (Wildman–Crippen LogP) is 4.45. The molecule has 0 bridgehead atoms. The largest absolute Gasteiger partial charge is 0.490 e. The fraction of sp³-hybridized carbons (Fsp3) is 0.464. The van der Waals surface area contributed by atoms with Crippen molar-refractivity contribution in [3.05, 3.63) is 56.9 Å². The lowest BCUT2D eigenvalue weighted by molar-refractivity contribution is -0.192. The third kappa shape index (κ3) is 7.93. The number of hydrogen-bond acceptors (Lipinski definition) is 6. The molecule has 2 saturated carbocycles. The Labute approximate surface area is 261 Å². The fourth-order valence-corrected chi connectivity index (χ4v) is 5.47. The van der Waals surface area contributed by atoms with E-state index in [-0.39, 0.29) is 42.8 Å². The minimum Gasteiger partial charge on any atom is -0.475 e. The van der Waals surface area contributed by atoms with Crippen LogP contribution in [0, 0.1) is 21.0 Å². The lowest BCUT2D eigenvalue weighted by Gasteiger charge is -2.48. The van der Waals surface area contributed by atoms with E-state index in [0.717, 1.165) is 37.8 Å². The highest BCUT2D eigenvalue weighted by Crippen LogP contribution is 2.34. The van der Waals surface area contributed by atoms with Gasteiger partial charge in [-0.1, -0.05) is 12.8 Å². The van der Waals surface area contributed by atoms with Crippen molar-refractivity contribution < 1.29 is 50.9 Å². The van der Waals surface area contributed by atoms with Crippen LogP contribution in [0.3, 0.4) is 0 Å². The van der Waals surface area contributed by atoms with Gasteiger partial charge in [-0.3, -0.25) is 9.59 Å². The van der Waals surface area contributed by atoms with Crippen LogP contribution in [0.5, 0.6) is 0 Å². The Morgan fingerprint density at radius 3 is 2.16 bits per heavy atom. The first-order valence-corrected chi connectivity index (χ1v) is 14.7. The monoisotopic (exact) mass is 742 g/mol. The molecule has 16 heteroatoms. The number of β-amino-alcohol motifs (C(OH)–C–C–N with tert-alkyl or cyclic N) is 1. The molecule has 240 valence electrons. The number of aliphatic carboxylic acids is 1. The van der Waals surface area contributed by atoms with Crippen molar-refractivity contribution in [1.82, 2.24) is 15.5 Å². The van der Waals surface area contributed by atoms with Gasteiger partial charge in [-0.25, -0.2) is 18.0 Å². The van der Waals surface area contributed by atoms with Crippen molar-refractivity contribution in [3.8, 4) is 0 Å². The highest BCUT2D eigenvalue weighted by Gasteiger charge is 2.48. The average Bonchev–Trinajstić information content (AvgIpc) is 3.61. The van der Waals surface area contributed by atoms with Gasteiger partial charge in [-0.05, 0) is 78.6 Å². The van der Waals surface area contributed by atoms with Gasteiger partial charge in [0.25, 0.3) is 5.91 Å². The molecule has 2 amide bonds. The van der Waals surface area contributed by atoms with E-state index < -0.39 is 52.3 Å². The number of carboxylic acids is 1. The Morgan fingerprint density at radius 1 is 1.00 bits per heavy atom. The van der Waals surface area contributed by atoms with Crippen LogP contribution < -0.4 is 16.0 Å². The summed E-state index contributed by atoms with van der Waals surface area (Å²) in [4.78, 5) is 36.3. The van der Waals surface area contributed by atoms with Crippen LogP contribution in [0.2, 0.25) is 0 Å². The molecule has 44 heavy (non-hydrogen) atoms. The average molecular weight is 742 g/mol. The number of aliphatic hydroxyl groups is 1. The summed E-state index contributed by atoms with van der Waals surface area (Å²) < 4.78 is 75.5. The number of amides is 2. The van der Waals surface area contributed by atoms with E-state index in [1.807, 2.05) is 22.6 Å². The molecule has 1 saturated heterocycles. The first-order valence-electron chi connectivity index (χ1n) is 13.6. The van der Waals surface area contributed by atoms with Gasteiger partial charge < -0.3 is 31.1 Å². The van der Waals surface area contributed by atoms with E-state index in [4.69, 9.17) is 9.90 Å². The lowest BCUT2D eigenvalue weighted by Crippen LogP contribution is -2.70. The number of carboxylic acid groups (broad SMARTS) is 1. The highest BCUT2D eigenvalue weighted by atomic mass is 127. The second-order valence-corrected chi connectivity index (χ2v) is 12.4. The number of nitrogens with zero attached hydrogens (tertiary/aromatic N) is 1. The molecule has 3 aliphatic rings. The van der Waals surface area contributed by atoms with Gasteiger partial charge >= 0.3 is 12.1 Å². The van der Waals surface area contributed by atoms with E-state index in [0.29, 0.717) is 16.4 Å². The van der Waals surface area contributed by atoms with E-state index in [9.17, 15) is 41.0 Å². The number of benzene rings is 2. The van der Waals surface area contributed by atoms with Crippen molar-refractivity contribution in [2.24, 2.45) is 0 Å². The SMILES string of the molecule is O=C(O)C(F)(F)F.O=C(c1ccc(F)c(F)c1Nc1ccc(I)cc1F)N1CC(O)(CNC2(C(=O)NC3CC3)CCCC2)C1. The normalized spacial score (nSPS) is 18.5. The van der Waals surface area contributed by atoms with E-state index in [1.54, 1.807) is 6.07 Å². The maximum absolute atomic E-state index is 14.7. The Bertz CT molecular complexity index is 1430. The van der Waals surface area contributed by atoms with Gasteiger partial charge in [-0.2, -0.15) is 13.2 Å². The third-order valence-corrected chi connectivity index (χ3v) is 8.25. The van der Waals surface area contributed by atoms with E-state index >= 15 is 0 Å². The van der Waals surface area contributed by atoms with Crippen LogP contribution in [0.4, 0.5) is 37.7 Å². The molecule has 2 aromatic carbocycles. The number of halogens is 7. The zero-order chi connectivity index (χ0) is 32.4. The van der Waals surface area contributed by atoms with Gasteiger partial charge in [0.1, 0.15) is 11.4 Å². The summed E-state index contributed by atoms with van der Waals surface area (Å²) in [6.45, 7) is 0.0244. The van der Waals surface area contributed by atoms with E-state index in [1.165, 1.54) is 17.0 Å².